The van der Waals surface area contributed by atoms with Gasteiger partial charge in [-0.15, -0.1) is 11.3 Å². The molecule has 1 aromatic rings. The van der Waals surface area contributed by atoms with Crippen LogP contribution >= 0.6 is 27.3 Å². The van der Waals surface area contributed by atoms with Gasteiger partial charge in [-0.1, -0.05) is 13.3 Å². The number of rotatable bonds is 3. The highest BCUT2D eigenvalue weighted by Crippen LogP contribution is 2.35. The first-order chi connectivity index (χ1) is 7.72. The predicted octanol–water partition coefficient (Wildman–Crippen LogP) is 4.91. The van der Waals surface area contributed by atoms with Crippen molar-refractivity contribution in [1.29, 1.82) is 0 Å². The predicted molar refractivity (Wildman–Crippen MR) is 72.1 cm³/mol. The Morgan fingerprint density at radius 1 is 1.44 bits per heavy atom. The number of thiophene rings is 1. The van der Waals surface area contributed by atoms with E-state index in [1.807, 2.05) is 11.4 Å². The number of carbonyl (C=O) groups excluding carboxylic acids is 1. The Morgan fingerprint density at radius 2 is 2.12 bits per heavy atom. The van der Waals surface area contributed by atoms with Gasteiger partial charge in [0, 0.05) is 10.4 Å². The van der Waals surface area contributed by atoms with Crippen molar-refractivity contribution >= 4 is 33.0 Å². The molecule has 0 aliphatic heterocycles. The highest BCUT2D eigenvalue weighted by Gasteiger charge is 2.27. The first-order valence-electron chi connectivity index (χ1n) is 5.99. The van der Waals surface area contributed by atoms with Gasteiger partial charge >= 0.3 is 0 Å². The van der Waals surface area contributed by atoms with E-state index in [1.54, 1.807) is 11.3 Å². The van der Waals surface area contributed by atoms with E-state index in [0.29, 0.717) is 5.78 Å². The van der Waals surface area contributed by atoms with Crippen LogP contribution in [-0.2, 0) is 0 Å². The van der Waals surface area contributed by atoms with Gasteiger partial charge in [0.1, 0.15) is 0 Å². The molecule has 3 heteroatoms. The zero-order valence-electron chi connectivity index (χ0n) is 9.54. The van der Waals surface area contributed by atoms with Crippen molar-refractivity contribution in [1.82, 2.24) is 0 Å². The number of halogens is 1. The van der Waals surface area contributed by atoms with E-state index in [0.717, 1.165) is 28.1 Å². The number of hydrogen-bond acceptors (Lipinski definition) is 2. The molecule has 0 atom stereocenters. The number of ketones is 1. The third kappa shape index (κ3) is 2.57. The maximum atomic E-state index is 12.3. The maximum Gasteiger partial charge on any atom is 0.176 e. The van der Waals surface area contributed by atoms with E-state index in [4.69, 9.17) is 0 Å². The van der Waals surface area contributed by atoms with Gasteiger partial charge in [-0.05, 0) is 59.0 Å². The molecule has 88 valence electrons. The molecule has 1 heterocycles. The van der Waals surface area contributed by atoms with Crippen LogP contribution in [0.4, 0.5) is 0 Å². The smallest absolute Gasteiger partial charge is 0.176 e. The van der Waals surface area contributed by atoms with Crippen LogP contribution in [0.25, 0.3) is 0 Å². The SMILES string of the molecule is CCC1CCC(C(=O)c2sccc2Br)CC1. The van der Waals surface area contributed by atoms with Crippen LogP contribution in [-0.4, -0.2) is 5.78 Å². The molecule has 0 spiro atoms. The minimum Gasteiger partial charge on any atom is -0.293 e. The molecule has 0 amide bonds. The summed E-state index contributed by atoms with van der Waals surface area (Å²) in [5.41, 5.74) is 0. The van der Waals surface area contributed by atoms with E-state index in [9.17, 15) is 4.79 Å². The summed E-state index contributed by atoms with van der Waals surface area (Å²) in [5, 5.41) is 1.98. The first kappa shape index (κ1) is 12.3. The topological polar surface area (TPSA) is 17.1 Å². The molecule has 1 aromatic heterocycles. The molecular formula is C13H17BrOS. The molecule has 0 bridgehead atoms. The fraction of sp³-hybridized carbons (Fsp3) is 0.615. The zero-order valence-corrected chi connectivity index (χ0v) is 11.9. The molecule has 0 unspecified atom stereocenters. The second kappa shape index (κ2) is 5.46. The van der Waals surface area contributed by atoms with E-state index >= 15 is 0 Å². The molecule has 0 N–H and O–H groups in total. The summed E-state index contributed by atoms with van der Waals surface area (Å²) in [6.45, 7) is 2.25. The van der Waals surface area contributed by atoms with Crippen LogP contribution in [0.15, 0.2) is 15.9 Å². The van der Waals surface area contributed by atoms with Crippen LogP contribution in [0.2, 0.25) is 0 Å². The van der Waals surface area contributed by atoms with Crippen molar-refractivity contribution in [3.63, 3.8) is 0 Å². The minimum atomic E-state index is 0.276. The van der Waals surface area contributed by atoms with Crippen molar-refractivity contribution < 1.29 is 4.79 Å². The van der Waals surface area contributed by atoms with Crippen molar-refractivity contribution in [2.24, 2.45) is 11.8 Å². The summed E-state index contributed by atoms with van der Waals surface area (Å²) in [5.74, 6) is 1.49. The maximum absolute atomic E-state index is 12.3. The number of carbonyl (C=O) groups is 1. The standard InChI is InChI=1S/C13H17BrOS/c1-2-9-3-5-10(6-4-9)12(15)13-11(14)7-8-16-13/h7-10H,2-6H2,1H3. The average Bonchev–Trinajstić information content (AvgIpc) is 2.75. The molecule has 1 nitrogen and oxygen atoms in total. The van der Waals surface area contributed by atoms with E-state index in [-0.39, 0.29) is 5.92 Å². The molecule has 0 saturated heterocycles. The van der Waals surface area contributed by atoms with Gasteiger partial charge in [0.2, 0.25) is 0 Å². The molecule has 1 fully saturated rings. The van der Waals surface area contributed by atoms with Crippen molar-refractivity contribution in [2.45, 2.75) is 39.0 Å². The summed E-state index contributed by atoms with van der Waals surface area (Å²) in [7, 11) is 0. The quantitative estimate of drug-likeness (QED) is 0.725. The largest absolute Gasteiger partial charge is 0.293 e. The Bertz CT molecular complexity index is 364. The van der Waals surface area contributed by atoms with E-state index in [2.05, 4.69) is 22.9 Å². The molecule has 16 heavy (non-hydrogen) atoms. The number of hydrogen-bond donors (Lipinski definition) is 0. The van der Waals surface area contributed by atoms with Crippen LogP contribution in [0, 0.1) is 11.8 Å². The summed E-state index contributed by atoms with van der Waals surface area (Å²) in [4.78, 5) is 13.2. The highest BCUT2D eigenvalue weighted by atomic mass is 79.9. The Balaban J connectivity index is 2.00. The van der Waals surface area contributed by atoms with E-state index in [1.165, 1.54) is 19.3 Å². The lowest BCUT2D eigenvalue weighted by atomic mass is 9.79. The molecule has 1 aliphatic carbocycles. The summed E-state index contributed by atoms with van der Waals surface area (Å²) < 4.78 is 0.972. The number of Topliss-reactive ketones (excluding diaryl/α,β-unsaturated/α-hetero) is 1. The lowest BCUT2D eigenvalue weighted by Crippen LogP contribution is -2.21. The van der Waals surface area contributed by atoms with Gasteiger partial charge in [0.15, 0.2) is 5.78 Å². The van der Waals surface area contributed by atoms with Gasteiger partial charge < -0.3 is 0 Å². The van der Waals surface area contributed by atoms with Gasteiger partial charge in [0.05, 0.1) is 4.88 Å². The second-order valence-corrected chi connectivity index (χ2v) is 6.36. The highest BCUT2D eigenvalue weighted by molar-refractivity contribution is 9.10. The average molecular weight is 301 g/mol. The molecule has 1 aliphatic rings. The van der Waals surface area contributed by atoms with Crippen LogP contribution < -0.4 is 0 Å². The zero-order chi connectivity index (χ0) is 11.5. The lowest BCUT2D eigenvalue weighted by Gasteiger charge is -2.26. The Morgan fingerprint density at radius 3 is 2.62 bits per heavy atom. The first-order valence-corrected chi connectivity index (χ1v) is 7.66. The normalized spacial score (nSPS) is 25.6. The molecule has 0 aromatic carbocycles. The molecule has 2 rings (SSSR count). The summed E-state index contributed by atoms with van der Waals surface area (Å²) in [6.07, 6.45) is 5.90. The van der Waals surface area contributed by atoms with Gasteiger partial charge in [-0.2, -0.15) is 0 Å². The Kier molecular flexibility index (Phi) is 4.20. The third-order valence-electron chi connectivity index (χ3n) is 3.64. The van der Waals surface area contributed by atoms with Crippen LogP contribution in [0.5, 0.6) is 0 Å². The van der Waals surface area contributed by atoms with Crippen molar-refractivity contribution in [3.05, 3.63) is 20.8 Å². The molecule has 1 saturated carbocycles. The molecule has 0 radical (unpaired) electrons. The second-order valence-electron chi connectivity index (χ2n) is 4.59. The van der Waals surface area contributed by atoms with Gasteiger partial charge in [-0.3, -0.25) is 4.79 Å². The lowest BCUT2D eigenvalue weighted by molar-refractivity contribution is 0.0874. The van der Waals surface area contributed by atoms with Crippen molar-refractivity contribution in [3.8, 4) is 0 Å². The Hall–Kier alpha value is -0.150. The van der Waals surface area contributed by atoms with E-state index < -0.39 is 0 Å². The monoisotopic (exact) mass is 300 g/mol. The minimum absolute atomic E-state index is 0.276. The van der Waals surface area contributed by atoms with Gasteiger partial charge in [-0.25, -0.2) is 0 Å². The van der Waals surface area contributed by atoms with Crippen molar-refractivity contribution in [2.75, 3.05) is 0 Å². The summed E-state index contributed by atoms with van der Waals surface area (Å²) >= 11 is 5.01. The fourth-order valence-corrected chi connectivity index (χ4v) is 4.07. The fourth-order valence-electron chi connectivity index (χ4n) is 2.49. The summed E-state index contributed by atoms with van der Waals surface area (Å²) in [6, 6.07) is 1.97. The third-order valence-corrected chi connectivity index (χ3v) is 5.49. The molecular weight excluding hydrogens is 284 g/mol. The van der Waals surface area contributed by atoms with Crippen LogP contribution in [0.1, 0.15) is 48.7 Å². The Labute approximate surface area is 109 Å². The van der Waals surface area contributed by atoms with Crippen LogP contribution in [0.3, 0.4) is 0 Å². The van der Waals surface area contributed by atoms with Gasteiger partial charge in [0.25, 0.3) is 0 Å².